The molecule has 0 bridgehead atoms. The first kappa shape index (κ1) is 17.8. The van der Waals surface area contributed by atoms with Gasteiger partial charge in [-0.3, -0.25) is 0 Å². The highest BCUT2D eigenvalue weighted by Gasteiger charge is 2.08. The van der Waals surface area contributed by atoms with Gasteiger partial charge in [0.15, 0.2) is 0 Å². The van der Waals surface area contributed by atoms with E-state index in [0.29, 0.717) is 24.0 Å². The summed E-state index contributed by atoms with van der Waals surface area (Å²) in [6.45, 7) is 7.08. The number of benzene rings is 2. The molecule has 3 nitrogen and oxygen atoms in total. The molecule has 122 valence electrons. The molecule has 0 aliphatic carbocycles. The monoisotopic (exact) mass is 393 g/mol. The Morgan fingerprint density at radius 3 is 2.35 bits per heavy atom. The lowest BCUT2D eigenvalue weighted by Crippen LogP contribution is -2.15. The standard InChI is InChI=1S/C18H20BrNO2S/c1-11-8-12(2)13(3)17(9-11)22-7-6-21-16-5-4-14(19)10-15(16)18(20)23/h4-5,8-10H,6-7H2,1-3H3,(H2,20,23). The molecular formula is C18H20BrNO2S. The second-order valence-electron chi connectivity index (χ2n) is 5.41. The zero-order valence-electron chi connectivity index (χ0n) is 13.5. The average Bonchev–Trinajstić information content (AvgIpc) is 2.49. The summed E-state index contributed by atoms with van der Waals surface area (Å²) in [4.78, 5) is 0.312. The molecular weight excluding hydrogens is 374 g/mol. The summed E-state index contributed by atoms with van der Waals surface area (Å²) < 4.78 is 12.5. The van der Waals surface area contributed by atoms with Crippen molar-refractivity contribution in [3.63, 3.8) is 0 Å². The molecule has 0 atom stereocenters. The highest BCUT2D eigenvalue weighted by Crippen LogP contribution is 2.25. The summed E-state index contributed by atoms with van der Waals surface area (Å²) in [7, 11) is 0. The van der Waals surface area contributed by atoms with E-state index >= 15 is 0 Å². The van der Waals surface area contributed by atoms with Crippen LogP contribution in [0.3, 0.4) is 0 Å². The largest absolute Gasteiger partial charge is 0.490 e. The molecule has 2 aromatic carbocycles. The molecule has 0 unspecified atom stereocenters. The van der Waals surface area contributed by atoms with Crippen LogP contribution >= 0.6 is 28.1 Å². The maximum Gasteiger partial charge on any atom is 0.129 e. The van der Waals surface area contributed by atoms with Gasteiger partial charge in [0, 0.05) is 4.47 Å². The van der Waals surface area contributed by atoms with Gasteiger partial charge in [-0.25, -0.2) is 0 Å². The minimum absolute atomic E-state index is 0.312. The minimum atomic E-state index is 0.312. The van der Waals surface area contributed by atoms with Crippen LogP contribution < -0.4 is 15.2 Å². The van der Waals surface area contributed by atoms with Crippen LogP contribution in [0, 0.1) is 20.8 Å². The second-order valence-corrected chi connectivity index (χ2v) is 6.76. The number of halogens is 1. The SMILES string of the molecule is Cc1cc(C)c(C)c(OCCOc2ccc(Br)cc2C(N)=S)c1. The quantitative estimate of drug-likeness (QED) is 0.580. The Morgan fingerprint density at radius 1 is 1.04 bits per heavy atom. The van der Waals surface area contributed by atoms with E-state index < -0.39 is 0 Å². The van der Waals surface area contributed by atoms with E-state index in [4.69, 9.17) is 27.4 Å². The first-order chi connectivity index (χ1) is 10.9. The van der Waals surface area contributed by atoms with Gasteiger partial charge in [-0.2, -0.15) is 0 Å². The Morgan fingerprint density at radius 2 is 1.70 bits per heavy atom. The van der Waals surface area contributed by atoms with Crippen molar-refractivity contribution in [1.29, 1.82) is 0 Å². The van der Waals surface area contributed by atoms with Gasteiger partial charge >= 0.3 is 0 Å². The van der Waals surface area contributed by atoms with E-state index in [1.807, 2.05) is 24.3 Å². The fourth-order valence-corrected chi connectivity index (χ4v) is 2.80. The van der Waals surface area contributed by atoms with Gasteiger partial charge in [0.1, 0.15) is 29.7 Å². The summed E-state index contributed by atoms with van der Waals surface area (Å²) in [6.07, 6.45) is 0. The Kier molecular flexibility index (Phi) is 6.02. The molecule has 0 fully saturated rings. The molecule has 0 saturated carbocycles. The Balaban J connectivity index is 1.98. The molecule has 0 aromatic heterocycles. The summed E-state index contributed by atoms with van der Waals surface area (Å²) in [5.41, 5.74) is 10.0. The Hall–Kier alpha value is -1.59. The predicted octanol–water partition coefficient (Wildman–Crippen LogP) is 4.47. The number of ether oxygens (including phenoxy) is 2. The van der Waals surface area contributed by atoms with E-state index in [1.165, 1.54) is 11.1 Å². The fraction of sp³-hybridized carbons (Fsp3) is 0.278. The lowest BCUT2D eigenvalue weighted by atomic mass is 10.1. The van der Waals surface area contributed by atoms with Crippen molar-refractivity contribution < 1.29 is 9.47 Å². The van der Waals surface area contributed by atoms with Gasteiger partial charge in [-0.15, -0.1) is 0 Å². The Labute approximate surface area is 150 Å². The van der Waals surface area contributed by atoms with E-state index in [2.05, 4.69) is 42.8 Å². The van der Waals surface area contributed by atoms with Crippen molar-refractivity contribution in [2.45, 2.75) is 20.8 Å². The van der Waals surface area contributed by atoms with Crippen LogP contribution in [0.25, 0.3) is 0 Å². The molecule has 0 saturated heterocycles. The normalized spacial score (nSPS) is 10.4. The van der Waals surface area contributed by atoms with Crippen molar-refractivity contribution >= 4 is 33.1 Å². The van der Waals surface area contributed by atoms with Gasteiger partial charge < -0.3 is 15.2 Å². The molecule has 2 aromatic rings. The van der Waals surface area contributed by atoms with Crippen molar-refractivity contribution in [3.8, 4) is 11.5 Å². The lowest BCUT2D eigenvalue weighted by molar-refractivity contribution is 0.216. The molecule has 0 spiro atoms. The molecule has 0 aliphatic heterocycles. The van der Waals surface area contributed by atoms with E-state index in [9.17, 15) is 0 Å². The maximum absolute atomic E-state index is 5.85. The Bertz CT molecular complexity index is 731. The van der Waals surface area contributed by atoms with Crippen molar-refractivity contribution in [3.05, 3.63) is 57.1 Å². The predicted molar refractivity (Wildman–Crippen MR) is 102 cm³/mol. The topological polar surface area (TPSA) is 44.5 Å². The zero-order chi connectivity index (χ0) is 17.0. The fourth-order valence-electron chi connectivity index (χ4n) is 2.27. The molecule has 0 amide bonds. The van der Waals surface area contributed by atoms with Crippen LogP contribution in [0.1, 0.15) is 22.3 Å². The van der Waals surface area contributed by atoms with Gasteiger partial charge in [-0.1, -0.05) is 34.2 Å². The summed E-state index contributed by atoms with van der Waals surface area (Å²) in [5.74, 6) is 1.57. The number of rotatable bonds is 6. The van der Waals surface area contributed by atoms with Gasteiger partial charge in [0.05, 0.1) is 5.56 Å². The van der Waals surface area contributed by atoms with Crippen LogP contribution in [0.2, 0.25) is 0 Å². The van der Waals surface area contributed by atoms with Crippen LogP contribution in [0.5, 0.6) is 11.5 Å². The summed E-state index contributed by atoms with van der Waals surface area (Å²) in [5, 5.41) is 0. The first-order valence-corrected chi connectivity index (χ1v) is 8.51. The smallest absolute Gasteiger partial charge is 0.129 e. The van der Waals surface area contributed by atoms with E-state index in [-0.39, 0.29) is 0 Å². The molecule has 0 aliphatic rings. The van der Waals surface area contributed by atoms with Gasteiger partial charge in [-0.05, 0) is 61.7 Å². The van der Waals surface area contributed by atoms with E-state index in [1.54, 1.807) is 0 Å². The van der Waals surface area contributed by atoms with Gasteiger partial charge in [0.2, 0.25) is 0 Å². The summed E-state index contributed by atoms with van der Waals surface area (Å²) >= 11 is 8.46. The highest BCUT2D eigenvalue weighted by atomic mass is 79.9. The van der Waals surface area contributed by atoms with Crippen LogP contribution in [-0.2, 0) is 0 Å². The summed E-state index contributed by atoms with van der Waals surface area (Å²) in [6, 6.07) is 9.79. The third-order valence-electron chi connectivity index (χ3n) is 3.57. The zero-order valence-corrected chi connectivity index (χ0v) is 15.9. The molecule has 5 heteroatoms. The maximum atomic E-state index is 5.85. The second kappa shape index (κ2) is 7.79. The highest BCUT2D eigenvalue weighted by molar-refractivity contribution is 9.10. The molecule has 2 N–H and O–H groups in total. The number of hydrogen-bond donors (Lipinski definition) is 1. The molecule has 0 heterocycles. The molecule has 0 radical (unpaired) electrons. The van der Waals surface area contributed by atoms with Crippen LogP contribution in [-0.4, -0.2) is 18.2 Å². The van der Waals surface area contributed by atoms with Crippen LogP contribution in [0.15, 0.2) is 34.8 Å². The lowest BCUT2D eigenvalue weighted by Gasteiger charge is -2.14. The first-order valence-electron chi connectivity index (χ1n) is 7.31. The minimum Gasteiger partial charge on any atom is -0.490 e. The third-order valence-corrected chi connectivity index (χ3v) is 4.28. The molecule has 23 heavy (non-hydrogen) atoms. The van der Waals surface area contributed by atoms with Gasteiger partial charge in [0.25, 0.3) is 0 Å². The average molecular weight is 394 g/mol. The third kappa shape index (κ3) is 4.69. The number of thiocarbonyl (C=S) groups is 1. The van der Waals surface area contributed by atoms with Crippen LogP contribution in [0.4, 0.5) is 0 Å². The number of hydrogen-bond acceptors (Lipinski definition) is 3. The number of nitrogens with two attached hydrogens (primary N) is 1. The van der Waals surface area contributed by atoms with Crippen molar-refractivity contribution in [2.75, 3.05) is 13.2 Å². The number of aryl methyl sites for hydroxylation is 2. The van der Waals surface area contributed by atoms with Crippen molar-refractivity contribution in [1.82, 2.24) is 0 Å². The van der Waals surface area contributed by atoms with E-state index in [0.717, 1.165) is 21.3 Å². The van der Waals surface area contributed by atoms with Crippen molar-refractivity contribution in [2.24, 2.45) is 5.73 Å². The molecule has 2 rings (SSSR count).